The van der Waals surface area contributed by atoms with Gasteiger partial charge < -0.3 is 15.3 Å². The molecule has 1 amide bonds. The first-order valence-corrected chi connectivity index (χ1v) is 9.72. The zero-order valence-electron chi connectivity index (χ0n) is 16.1. The Labute approximate surface area is 161 Å². The molecule has 4 heteroatoms. The predicted octanol–water partition coefficient (Wildman–Crippen LogP) is 3.32. The van der Waals surface area contributed by atoms with Crippen molar-refractivity contribution in [1.29, 1.82) is 0 Å². The minimum absolute atomic E-state index is 0.0577. The van der Waals surface area contributed by atoms with Gasteiger partial charge in [-0.25, -0.2) is 0 Å². The highest BCUT2D eigenvalue weighted by Gasteiger charge is 2.22. The standard InChI is InChI=1S/C23H28N2O2/c1-3-25(4-2)23(27)19-12-10-18(11-13-19)22(17-8-6-5-7-9-17)20-14-15-24-16-21(20)26/h5-13,21,24,26H,3-4,14-16H2,1-2H3. The van der Waals surface area contributed by atoms with E-state index < -0.39 is 6.10 Å². The molecule has 1 aliphatic rings. The number of hydrogen-bond donors (Lipinski definition) is 2. The SMILES string of the molecule is CCN(CC)C(=O)c1ccc(C(=C2CCNCC2O)c2ccccc2)cc1. The predicted molar refractivity (Wildman–Crippen MR) is 110 cm³/mol. The fourth-order valence-electron chi connectivity index (χ4n) is 3.66. The van der Waals surface area contributed by atoms with Gasteiger partial charge in [0.2, 0.25) is 0 Å². The lowest BCUT2D eigenvalue weighted by Gasteiger charge is -2.26. The summed E-state index contributed by atoms with van der Waals surface area (Å²) in [5.41, 5.74) is 4.96. The summed E-state index contributed by atoms with van der Waals surface area (Å²) in [6.45, 7) is 6.83. The quantitative estimate of drug-likeness (QED) is 0.856. The molecule has 2 N–H and O–H groups in total. The summed E-state index contributed by atoms with van der Waals surface area (Å²) in [6.07, 6.45) is 0.317. The summed E-state index contributed by atoms with van der Waals surface area (Å²) in [5.74, 6) is 0.0577. The molecule has 4 nitrogen and oxygen atoms in total. The smallest absolute Gasteiger partial charge is 0.253 e. The second kappa shape index (κ2) is 8.98. The lowest BCUT2D eigenvalue weighted by atomic mass is 9.87. The van der Waals surface area contributed by atoms with Crippen molar-refractivity contribution >= 4 is 11.5 Å². The average molecular weight is 364 g/mol. The Morgan fingerprint density at radius 2 is 1.59 bits per heavy atom. The van der Waals surface area contributed by atoms with Crippen molar-refractivity contribution in [3.63, 3.8) is 0 Å². The van der Waals surface area contributed by atoms with Gasteiger partial charge in [0.05, 0.1) is 6.10 Å². The number of carbonyl (C=O) groups excluding carboxylic acids is 1. The van der Waals surface area contributed by atoms with Crippen LogP contribution in [0.2, 0.25) is 0 Å². The van der Waals surface area contributed by atoms with Crippen LogP contribution in [0.5, 0.6) is 0 Å². The van der Waals surface area contributed by atoms with Crippen molar-refractivity contribution in [1.82, 2.24) is 10.2 Å². The van der Waals surface area contributed by atoms with Crippen molar-refractivity contribution < 1.29 is 9.90 Å². The third-order valence-electron chi connectivity index (χ3n) is 5.17. The number of piperidine rings is 1. The summed E-state index contributed by atoms with van der Waals surface area (Å²) in [6, 6.07) is 18.0. The van der Waals surface area contributed by atoms with E-state index >= 15 is 0 Å². The maximum absolute atomic E-state index is 12.6. The van der Waals surface area contributed by atoms with E-state index in [0.29, 0.717) is 25.2 Å². The van der Waals surface area contributed by atoms with Gasteiger partial charge in [-0.2, -0.15) is 0 Å². The summed E-state index contributed by atoms with van der Waals surface area (Å²) in [7, 11) is 0. The number of β-amino-alcohol motifs (C(OH)–C–C–N with tert-alkyl or cyclic N) is 1. The molecule has 0 aliphatic carbocycles. The molecule has 0 radical (unpaired) electrons. The molecule has 0 saturated carbocycles. The number of rotatable bonds is 5. The molecule has 0 aromatic heterocycles. The second-order valence-electron chi connectivity index (χ2n) is 6.79. The van der Waals surface area contributed by atoms with Crippen LogP contribution in [0.1, 0.15) is 41.8 Å². The van der Waals surface area contributed by atoms with Gasteiger partial charge in [-0.15, -0.1) is 0 Å². The van der Waals surface area contributed by atoms with Crippen molar-refractivity contribution in [2.45, 2.75) is 26.4 Å². The summed E-state index contributed by atoms with van der Waals surface area (Å²) < 4.78 is 0. The number of benzene rings is 2. The first-order valence-electron chi connectivity index (χ1n) is 9.72. The van der Waals surface area contributed by atoms with Gasteiger partial charge >= 0.3 is 0 Å². The van der Waals surface area contributed by atoms with E-state index in [1.54, 1.807) is 0 Å². The molecule has 1 unspecified atom stereocenters. The van der Waals surface area contributed by atoms with Gasteiger partial charge in [-0.1, -0.05) is 42.5 Å². The number of aliphatic hydroxyl groups is 1. The van der Waals surface area contributed by atoms with Gasteiger partial charge in [-0.05, 0) is 61.2 Å². The highest BCUT2D eigenvalue weighted by atomic mass is 16.3. The number of aliphatic hydroxyl groups excluding tert-OH is 1. The first-order chi connectivity index (χ1) is 13.2. The topological polar surface area (TPSA) is 52.6 Å². The van der Waals surface area contributed by atoms with Crippen LogP contribution in [0.4, 0.5) is 0 Å². The van der Waals surface area contributed by atoms with Crippen LogP contribution >= 0.6 is 0 Å². The van der Waals surface area contributed by atoms with E-state index in [1.165, 1.54) is 0 Å². The molecule has 3 rings (SSSR count). The van der Waals surface area contributed by atoms with Crippen LogP contribution in [0.3, 0.4) is 0 Å². The first kappa shape index (κ1) is 19.3. The molecule has 2 aromatic rings. The number of hydrogen-bond acceptors (Lipinski definition) is 3. The van der Waals surface area contributed by atoms with E-state index in [1.807, 2.05) is 61.2 Å². The molecule has 2 aromatic carbocycles. The van der Waals surface area contributed by atoms with Crippen LogP contribution in [-0.2, 0) is 0 Å². The summed E-state index contributed by atoms with van der Waals surface area (Å²) in [5, 5.41) is 13.8. The minimum Gasteiger partial charge on any atom is -0.387 e. The van der Waals surface area contributed by atoms with Crippen LogP contribution < -0.4 is 5.32 Å². The lowest BCUT2D eigenvalue weighted by Crippen LogP contribution is -2.36. The van der Waals surface area contributed by atoms with Crippen molar-refractivity contribution in [2.24, 2.45) is 0 Å². The monoisotopic (exact) mass is 364 g/mol. The van der Waals surface area contributed by atoms with E-state index in [4.69, 9.17) is 0 Å². The Balaban J connectivity index is 2.01. The molecule has 0 spiro atoms. The van der Waals surface area contributed by atoms with E-state index in [0.717, 1.165) is 35.2 Å². The Hall–Kier alpha value is -2.43. The zero-order valence-corrected chi connectivity index (χ0v) is 16.1. The molecule has 1 atom stereocenters. The molecular weight excluding hydrogens is 336 g/mol. The van der Waals surface area contributed by atoms with Crippen LogP contribution in [0, 0.1) is 0 Å². The van der Waals surface area contributed by atoms with E-state index in [2.05, 4.69) is 17.4 Å². The zero-order chi connectivity index (χ0) is 19.2. The Morgan fingerprint density at radius 1 is 1.00 bits per heavy atom. The maximum atomic E-state index is 12.6. The third-order valence-corrected chi connectivity index (χ3v) is 5.17. The molecule has 27 heavy (non-hydrogen) atoms. The Morgan fingerprint density at radius 3 is 2.19 bits per heavy atom. The molecule has 1 heterocycles. The van der Waals surface area contributed by atoms with Crippen LogP contribution in [0.15, 0.2) is 60.2 Å². The Bertz CT molecular complexity index is 793. The summed E-state index contributed by atoms with van der Waals surface area (Å²) >= 11 is 0. The molecule has 1 saturated heterocycles. The number of nitrogens with one attached hydrogen (secondary N) is 1. The molecule has 142 valence electrons. The third kappa shape index (κ3) is 4.29. The summed E-state index contributed by atoms with van der Waals surface area (Å²) in [4.78, 5) is 14.4. The number of nitrogens with zero attached hydrogens (tertiary/aromatic N) is 1. The largest absolute Gasteiger partial charge is 0.387 e. The van der Waals surface area contributed by atoms with Crippen molar-refractivity contribution in [3.8, 4) is 0 Å². The van der Waals surface area contributed by atoms with Gasteiger partial charge in [0.15, 0.2) is 0 Å². The maximum Gasteiger partial charge on any atom is 0.253 e. The Kier molecular flexibility index (Phi) is 6.43. The van der Waals surface area contributed by atoms with Gasteiger partial charge in [0.1, 0.15) is 0 Å². The van der Waals surface area contributed by atoms with Gasteiger partial charge in [0.25, 0.3) is 5.91 Å². The number of amides is 1. The van der Waals surface area contributed by atoms with Crippen molar-refractivity contribution in [2.75, 3.05) is 26.2 Å². The fourth-order valence-corrected chi connectivity index (χ4v) is 3.66. The van der Waals surface area contributed by atoms with Crippen molar-refractivity contribution in [3.05, 3.63) is 76.9 Å². The molecule has 1 fully saturated rings. The average Bonchev–Trinajstić information content (AvgIpc) is 2.72. The normalized spacial score (nSPS) is 18.9. The second-order valence-corrected chi connectivity index (χ2v) is 6.79. The van der Waals surface area contributed by atoms with Gasteiger partial charge in [-0.3, -0.25) is 4.79 Å². The van der Waals surface area contributed by atoms with Crippen LogP contribution in [-0.4, -0.2) is 48.2 Å². The van der Waals surface area contributed by atoms with Crippen LogP contribution in [0.25, 0.3) is 5.57 Å². The van der Waals surface area contributed by atoms with E-state index in [9.17, 15) is 9.90 Å². The molecule has 1 aliphatic heterocycles. The fraction of sp³-hybridized carbons (Fsp3) is 0.348. The highest BCUT2D eigenvalue weighted by molar-refractivity contribution is 5.95. The highest BCUT2D eigenvalue weighted by Crippen LogP contribution is 2.31. The van der Waals surface area contributed by atoms with E-state index in [-0.39, 0.29) is 5.91 Å². The minimum atomic E-state index is -0.495. The lowest BCUT2D eigenvalue weighted by molar-refractivity contribution is 0.0773. The van der Waals surface area contributed by atoms with Gasteiger partial charge in [0, 0.05) is 25.2 Å². The number of carbonyl (C=O) groups is 1. The molecular formula is C23H28N2O2. The molecule has 0 bridgehead atoms.